The van der Waals surface area contributed by atoms with E-state index in [9.17, 15) is 4.79 Å². The summed E-state index contributed by atoms with van der Waals surface area (Å²) in [5.74, 6) is 0.511. The van der Waals surface area contributed by atoms with Crippen molar-refractivity contribution in [1.29, 1.82) is 5.26 Å². The van der Waals surface area contributed by atoms with Crippen molar-refractivity contribution in [3.8, 4) is 6.07 Å². The van der Waals surface area contributed by atoms with Gasteiger partial charge in [-0.25, -0.2) is 0 Å². The molecule has 1 aliphatic heterocycles. The van der Waals surface area contributed by atoms with Crippen molar-refractivity contribution in [3.05, 3.63) is 35.4 Å². The van der Waals surface area contributed by atoms with Crippen molar-refractivity contribution in [3.63, 3.8) is 0 Å². The van der Waals surface area contributed by atoms with E-state index in [1.165, 1.54) is 0 Å². The van der Waals surface area contributed by atoms with E-state index in [2.05, 4.69) is 6.07 Å². The number of amides is 1. The van der Waals surface area contributed by atoms with Gasteiger partial charge in [0.2, 0.25) is 0 Å². The molecule has 2 aliphatic rings. The second-order valence-electron chi connectivity index (χ2n) is 5.31. The Morgan fingerprint density at radius 2 is 2.32 bits per heavy atom. The van der Waals surface area contributed by atoms with E-state index >= 15 is 0 Å². The third-order valence-corrected chi connectivity index (χ3v) is 4.28. The minimum Gasteiger partial charge on any atom is -0.381 e. The van der Waals surface area contributed by atoms with Gasteiger partial charge >= 0.3 is 0 Å². The molecule has 1 aliphatic carbocycles. The fourth-order valence-corrected chi connectivity index (χ4v) is 3.33. The monoisotopic (exact) mass is 256 g/mol. The lowest BCUT2D eigenvalue weighted by Crippen LogP contribution is -2.42. The molecule has 0 unspecified atom stereocenters. The number of ether oxygens (including phenoxy) is 1. The summed E-state index contributed by atoms with van der Waals surface area (Å²) in [5, 5.41) is 8.89. The molecule has 1 heterocycles. The van der Waals surface area contributed by atoms with Crippen molar-refractivity contribution in [2.75, 3.05) is 13.7 Å². The predicted molar refractivity (Wildman–Crippen MR) is 69.5 cm³/mol. The average molecular weight is 256 g/mol. The maximum Gasteiger partial charge on any atom is 0.254 e. The number of nitrogens with zero attached hydrogens (tertiary/aromatic N) is 2. The number of nitriles is 1. The van der Waals surface area contributed by atoms with Gasteiger partial charge in [-0.3, -0.25) is 4.79 Å². The van der Waals surface area contributed by atoms with Gasteiger partial charge in [0.05, 0.1) is 17.7 Å². The second-order valence-corrected chi connectivity index (χ2v) is 5.31. The highest BCUT2D eigenvalue weighted by atomic mass is 16.5. The molecular formula is C15H16N2O2. The first-order valence-corrected chi connectivity index (χ1v) is 6.57. The van der Waals surface area contributed by atoms with Crippen molar-refractivity contribution in [1.82, 2.24) is 4.90 Å². The molecule has 1 amide bonds. The number of likely N-dealkylation sites (tertiary alicyclic amines) is 1. The second kappa shape index (κ2) is 4.67. The zero-order chi connectivity index (χ0) is 13.4. The molecular weight excluding hydrogens is 240 g/mol. The molecule has 1 aromatic rings. The van der Waals surface area contributed by atoms with E-state index in [0.29, 0.717) is 29.2 Å². The van der Waals surface area contributed by atoms with Gasteiger partial charge < -0.3 is 9.64 Å². The van der Waals surface area contributed by atoms with E-state index in [-0.39, 0.29) is 5.91 Å². The Morgan fingerprint density at radius 3 is 2.95 bits per heavy atom. The lowest BCUT2D eigenvalue weighted by atomic mass is 10.0. The van der Waals surface area contributed by atoms with Crippen molar-refractivity contribution in [2.24, 2.45) is 5.92 Å². The van der Waals surface area contributed by atoms with Crippen molar-refractivity contribution in [2.45, 2.75) is 25.0 Å². The van der Waals surface area contributed by atoms with Gasteiger partial charge in [0.25, 0.3) is 5.91 Å². The van der Waals surface area contributed by atoms with Gasteiger partial charge in [-0.15, -0.1) is 0 Å². The topological polar surface area (TPSA) is 53.3 Å². The summed E-state index contributed by atoms with van der Waals surface area (Å²) >= 11 is 0. The van der Waals surface area contributed by atoms with Crippen LogP contribution in [0, 0.1) is 17.2 Å². The minimum atomic E-state index is 0.0409. The number of rotatable bonds is 2. The Labute approximate surface area is 112 Å². The molecule has 0 radical (unpaired) electrons. The van der Waals surface area contributed by atoms with Crippen LogP contribution in [0.3, 0.4) is 0 Å². The molecule has 19 heavy (non-hydrogen) atoms. The lowest BCUT2D eigenvalue weighted by molar-refractivity contribution is 0.0294. The molecule has 0 N–H and O–H groups in total. The highest BCUT2D eigenvalue weighted by Gasteiger charge is 2.46. The summed E-state index contributed by atoms with van der Waals surface area (Å²) in [5.41, 5.74) is 1.14. The number of piperidine rings is 1. The summed E-state index contributed by atoms with van der Waals surface area (Å²) in [7, 11) is 1.74. The van der Waals surface area contributed by atoms with Crippen LogP contribution in [0.2, 0.25) is 0 Å². The van der Waals surface area contributed by atoms with Crippen LogP contribution >= 0.6 is 0 Å². The third-order valence-electron chi connectivity index (χ3n) is 4.28. The van der Waals surface area contributed by atoms with E-state index in [0.717, 1.165) is 19.4 Å². The van der Waals surface area contributed by atoms with Gasteiger partial charge in [0.15, 0.2) is 0 Å². The average Bonchev–Trinajstić information content (AvgIpc) is 3.06. The van der Waals surface area contributed by atoms with E-state index in [1.807, 2.05) is 4.90 Å². The Hall–Kier alpha value is -1.86. The Kier molecular flexibility index (Phi) is 3.00. The zero-order valence-corrected chi connectivity index (χ0v) is 10.9. The van der Waals surface area contributed by atoms with Gasteiger partial charge in [-0.2, -0.15) is 5.26 Å². The summed E-state index contributed by atoms with van der Waals surface area (Å²) in [6, 6.07) is 9.30. The largest absolute Gasteiger partial charge is 0.381 e. The highest BCUT2D eigenvalue weighted by molar-refractivity contribution is 5.95. The van der Waals surface area contributed by atoms with Crippen molar-refractivity contribution < 1.29 is 9.53 Å². The SMILES string of the molecule is CO[C@H]1C[C@H]2C[C@H]1CN2C(=O)c1cccc(C#N)c1. The quantitative estimate of drug-likeness (QED) is 0.811. The number of methoxy groups -OCH3 is 1. The first-order chi connectivity index (χ1) is 9.22. The maximum absolute atomic E-state index is 12.5. The number of fused-ring (bicyclic) bond motifs is 2. The van der Waals surface area contributed by atoms with Crippen LogP contribution in [-0.4, -0.2) is 36.6 Å². The first kappa shape index (κ1) is 12.2. The molecule has 2 bridgehead atoms. The molecule has 1 saturated carbocycles. The van der Waals surface area contributed by atoms with E-state index < -0.39 is 0 Å². The summed E-state index contributed by atoms with van der Waals surface area (Å²) < 4.78 is 5.43. The fraction of sp³-hybridized carbons (Fsp3) is 0.467. The third kappa shape index (κ3) is 2.00. The summed E-state index contributed by atoms with van der Waals surface area (Å²) in [6.45, 7) is 0.777. The number of hydrogen-bond donors (Lipinski definition) is 0. The molecule has 3 rings (SSSR count). The van der Waals surface area contributed by atoms with Crippen molar-refractivity contribution >= 4 is 5.91 Å². The minimum absolute atomic E-state index is 0.0409. The zero-order valence-electron chi connectivity index (χ0n) is 10.9. The molecule has 3 atom stereocenters. The fourth-order valence-electron chi connectivity index (χ4n) is 3.33. The molecule has 0 spiro atoms. The van der Waals surface area contributed by atoms with Crippen LogP contribution in [0.4, 0.5) is 0 Å². The first-order valence-electron chi connectivity index (χ1n) is 6.57. The standard InChI is InChI=1S/C15H16N2O2/c1-19-14-7-13-6-12(14)9-17(13)15(18)11-4-2-3-10(5-11)8-16/h2-5,12-14H,6-7,9H2,1H3/t12-,13+,14-/m0/s1. The van der Waals surface area contributed by atoms with Crippen LogP contribution in [0.1, 0.15) is 28.8 Å². The molecule has 4 nitrogen and oxygen atoms in total. The number of carbonyl (C=O) groups excluding carboxylic acids is 1. The lowest BCUT2D eigenvalue weighted by Gasteiger charge is -2.31. The molecule has 0 aromatic heterocycles. The Morgan fingerprint density at radius 1 is 1.47 bits per heavy atom. The Bertz CT molecular complexity index is 549. The normalized spacial score (nSPS) is 28.4. The number of carbonyl (C=O) groups is 1. The summed E-state index contributed by atoms with van der Waals surface area (Å²) in [4.78, 5) is 14.4. The molecule has 98 valence electrons. The number of benzene rings is 1. The van der Waals surface area contributed by atoms with E-state index in [4.69, 9.17) is 10.00 Å². The van der Waals surface area contributed by atoms with Gasteiger partial charge in [-0.05, 0) is 31.0 Å². The van der Waals surface area contributed by atoms with Crippen LogP contribution in [0.15, 0.2) is 24.3 Å². The van der Waals surface area contributed by atoms with Gasteiger partial charge in [0.1, 0.15) is 0 Å². The van der Waals surface area contributed by atoms with Gasteiger partial charge in [0, 0.05) is 31.2 Å². The van der Waals surface area contributed by atoms with Crippen LogP contribution < -0.4 is 0 Å². The highest BCUT2D eigenvalue weighted by Crippen LogP contribution is 2.39. The molecule has 1 aromatic carbocycles. The number of hydrogen-bond acceptors (Lipinski definition) is 3. The molecule has 2 fully saturated rings. The predicted octanol–water partition coefficient (Wildman–Crippen LogP) is 1.81. The molecule has 1 saturated heterocycles. The smallest absolute Gasteiger partial charge is 0.254 e. The van der Waals surface area contributed by atoms with E-state index in [1.54, 1.807) is 31.4 Å². The van der Waals surface area contributed by atoms with Crippen LogP contribution in [0.5, 0.6) is 0 Å². The van der Waals surface area contributed by atoms with Crippen LogP contribution in [0.25, 0.3) is 0 Å². The Balaban J connectivity index is 1.78. The summed E-state index contributed by atoms with van der Waals surface area (Å²) in [6.07, 6.45) is 2.28. The maximum atomic E-state index is 12.5. The molecule has 4 heteroatoms. The van der Waals surface area contributed by atoms with Crippen LogP contribution in [-0.2, 0) is 4.74 Å². The van der Waals surface area contributed by atoms with Gasteiger partial charge in [-0.1, -0.05) is 6.07 Å².